The molecule has 0 saturated carbocycles. The lowest BCUT2D eigenvalue weighted by Crippen LogP contribution is -2.59. The fraction of sp³-hybridized carbons (Fsp3) is 0.357. The maximum atomic E-state index is 15.4. The normalized spacial score (nSPS) is 20.5. The molecule has 12 heteroatoms. The Balaban J connectivity index is 1.90. The van der Waals surface area contributed by atoms with Crippen LogP contribution in [0.1, 0.15) is 36.8 Å². The number of amides is 2. The van der Waals surface area contributed by atoms with E-state index in [1.165, 1.54) is 67.3 Å². The molecule has 2 aliphatic heterocycles. The van der Waals surface area contributed by atoms with E-state index in [1.807, 2.05) is 0 Å². The topological polar surface area (TPSA) is 91.7 Å². The molecule has 0 radical (unpaired) electrons. The third kappa shape index (κ3) is 5.38. The van der Waals surface area contributed by atoms with Gasteiger partial charge in [0, 0.05) is 45.8 Å². The first-order chi connectivity index (χ1) is 19.1. The number of hydrogen-bond acceptors (Lipinski definition) is 7. The summed E-state index contributed by atoms with van der Waals surface area (Å²) in [6.45, 7) is 4.43. The van der Waals surface area contributed by atoms with Crippen LogP contribution in [0.15, 0.2) is 59.0 Å². The van der Waals surface area contributed by atoms with Gasteiger partial charge in [0.1, 0.15) is 5.82 Å². The van der Waals surface area contributed by atoms with Gasteiger partial charge < -0.3 is 19.3 Å². The molecule has 212 valence electrons. The van der Waals surface area contributed by atoms with Crippen LogP contribution in [0, 0.1) is 17.5 Å². The second kappa shape index (κ2) is 11.8. The average molecular weight is 559 g/mol. The molecule has 2 aliphatic rings. The first kappa shape index (κ1) is 28.7. The molecule has 0 N–H and O–H groups in total. The van der Waals surface area contributed by atoms with E-state index in [2.05, 4.69) is 11.8 Å². The lowest BCUT2D eigenvalue weighted by Gasteiger charge is -2.47. The molecule has 0 spiro atoms. The van der Waals surface area contributed by atoms with Gasteiger partial charge in [-0.15, -0.1) is 0 Å². The second-order valence-electron chi connectivity index (χ2n) is 9.66. The van der Waals surface area contributed by atoms with Gasteiger partial charge in [-0.2, -0.15) is 5.10 Å². The van der Waals surface area contributed by atoms with Gasteiger partial charge in [0.05, 0.1) is 12.1 Å². The fourth-order valence-corrected chi connectivity index (χ4v) is 5.27. The molecule has 0 aliphatic carbocycles. The van der Waals surface area contributed by atoms with Crippen molar-refractivity contribution in [3.63, 3.8) is 0 Å². The van der Waals surface area contributed by atoms with Gasteiger partial charge in [-0.25, -0.2) is 18.0 Å². The van der Waals surface area contributed by atoms with E-state index in [9.17, 15) is 23.2 Å². The van der Waals surface area contributed by atoms with Gasteiger partial charge in [0.2, 0.25) is 6.79 Å². The molecule has 2 fully saturated rings. The Morgan fingerprint density at radius 3 is 2.45 bits per heavy atom. The summed E-state index contributed by atoms with van der Waals surface area (Å²) in [6.07, 6.45) is 0.363. The molecule has 0 aromatic heterocycles. The van der Waals surface area contributed by atoms with E-state index in [0.29, 0.717) is 24.9 Å². The van der Waals surface area contributed by atoms with Crippen molar-refractivity contribution >= 4 is 24.5 Å². The third-order valence-corrected chi connectivity index (χ3v) is 6.99. The van der Waals surface area contributed by atoms with Gasteiger partial charge in [-0.05, 0) is 36.6 Å². The van der Waals surface area contributed by atoms with Crippen molar-refractivity contribution in [2.45, 2.75) is 37.8 Å². The van der Waals surface area contributed by atoms with Crippen LogP contribution < -0.4 is 0 Å². The molecule has 2 heterocycles. The summed E-state index contributed by atoms with van der Waals surface area (Å²) in [7, 11) is 2.92. The predicted octanol–water partition coefficient (Wildman–Crippen LogP) is 4.00. The number of ether oxygens (including phenoxy) is 2. The Morgan fingerprint density at radius 1 is 1.12 bits per heavy atom. The van der Waals surface area contributed by atoms with Gasteiger partial charge in [-0.3, -0.25) is 14.6 Å². The number of carbonyl (C=O) groups is 3. The van der Waals surface area contributed by atoms with Gasteiger partial charge in [0.25, 0.3) is 5.91 Å². The SMILES string of the molecule is C=NN1/C(=C(/OCOC(=O)N(C)C)C(C)=O)C(=O)N2CCC[C@@H]2[C@@H]1[C@H](c1ccc(F)cc1)c1cccc(F)c1F. The number of Topliss-reactive ketones (excluding diaryl/α,β-unsaturated/α-hetero) is 1. The van der Waals surface area contributed by atoms with Crippen LogP contribution in [0.4, 0.5) is 18.0 Å². The Kier molecular flexibility index (Phi) is 8.46. The highest BCUT2D eigenvalue weighted by atomic mass is 19.2. The van der Waals surface area contributed by atoms with E-state index in [0.717, 1.165) is 11.0 Å². The molecule has 3 atom stereocenters. The minimum atomic E-state index is -1.11. The fourth-order valence-electron chi connectivity index (χ4n) is 5.27. The summed E-state index contributed by atoms with van der Waals surface area (Å²) in [6, 6.07) is 7.62. The average Bonchev–Trinajstić information content (AvgIpc) is 3.41. The molecule has 40 heavy (non-hydrogen) atoms. The van der Waals surface area contributed by atoms with Gasteiger partial charge >= 0.3 is 6.09 Å². The van der Waals surface area contributed by atoms with Crippen molar-refractivity contribution < 1.29 is 37.0 Å². The molecule has 2 aromatic rings. The quantitative estimate of drug-likeness (QED) is 0.211. The molecule has 9 nitrogen and oxygen atoms in total. The number of fused-ring (bicyclic) bond motifs is 1. The standard InChI is InChI=1S/C28H29F3N4O5/c1-16(36)26(39-15-40-28(38)33(3)4)25-27(37)34-14-6-9-21(34)24(35(25)32-2)22(17-10-12-18(29)13-11-17)19-7-5-8-20(30)23(19)31/h5,7-8,10-13,21-22,24H,2,6,9,14-15H2,1,3-4H3/b26-25+/t21-,22-,24-/m1/s1. The van der Waals surface area contributed by atoms with Crippen molar-refractivity contribution in [3.8, 4) is 0 Å². The Morgan fingerprint density at radius 2 is 1.82 bits per heavy atom. The highest BCUT2D eigenvalue weighted by Gasteiger charge is 2.52. The number of benzene rings is 2. The van der Waals surface area contributed by atoms with E-state index >= 15 is 4.39 Å². The largest absolute Gasteiger partial charge is 0.451 e. The van der Waals surface area contributed by atoms with Crippen LogP contribution in [-0.2, 0) is 19.1 Å². The van der Waals surface area contributed by atoms with E-state index in [4.69, 9.17) is 9.47 Å². The molecule has 0 bridgehead atoms. The number of halogens is 3. The number of ketones is 1. The van der Waals surface area contributed by atoms with Crippen LogP contribution in [0.5, 0.6) is 0 Å². The predicted molar refractivity (Wildman–Crippen MR) is 138 cm³/mol. The minimum Gasteiger partial charge on any atom is -0.451 e. The summed E-state index contributed by atoms with van der Waals surface area (Å²) in [5.41, 5.74) is 0.0989. The van der Waals surface area contributed by atoms with Crippen LogP contribution in [0.3, 0.4) is 0 Å². The number of carbonyl (C=O) groups excluding carboxylic acids is 3. The zero-order valence-electron chi connectivity index (χ0n) is 22.3. The smallest absolute Gasteiger partial charge is 0.412 e. The monoisotopic (exact) mass is 558 g/mol. The summed E-state index contributed by atoms with van der Waals surface area (Å²) in [4.78, 5) is 41.0. The Hall–Kier alpha value is -4.35. The first-order valence-corrected chi connectivity index (χ1v) is 12.5. The molecular weight excluding hydrogens is 529 g/mol. The zero-order valence-corrected chi connectivity index (χ0v) is 22.3. The number of hydrogen-bond donors (Lipinski definition) is 0. The van der Waals surface area contributed by atoms with Crippen molar-refractivity contribution in [1.29, 1.82) is 0 Å². The molecule has 4 rings (SSSR count). The lowest BCUT2D eigenvalue weighted by molar-refractivity contribution is -0.137. The maximum absolute atomic E-state index is 15.4. The summed E-state index contributed by atoms with van der Waals surface area (Å²) < 4.78 is 54.3. The highest BCUT2D eigenvalue weighted by molar-refractivity contribution is 6.03. The molecular formula is C28H29F3N4O5. The van der Waals surface area contributed by atoms with Gasteiger partial charge in [0.15, 0.2) is 28.9 Å². The van der Waals surface area contributed by atoms with Crippen molar-refractivity contribution in [2.75, 3.05) is 27.4 Å². The second-order valence-corrected chi connectivity index (χ2v) is 9.66. The number of hydrazone groups is 1. The summed E-state index contributed by atoms with van der Waals surface area (Å²) >= 11 is 0. The summed E-state index contributed by atoms with van der Waals surface area (Å²) in [5.74, 6) is -5.36. The van der Waals surface area contributed by atoms with Crippen LogP contribution in [0.25, 0.3) is 0 Å². The van der Waals surface area contributed by atoms with Crippen molar-refractivity contribution in [3.05, 3.63) is 82.5 Å². The Labute approximate surface area is 229 Å². The van der Waals surface area contributed by atoms with E-state index < -0.39 is 65.8 Å². The number of piperazine rings is 1. The molecule has 2 saturated heterocycles. The highest BCUT2D eigenvalue weighted by Crippen LogP contribution is 2.44. The third-order valence-electron chi connectivity index (χ3n) is 6.99. The van der Waals surface area contributed by atoms with Crippen molar-refractivity contribution in [1.82, 2.24) is 14.8 Å². The van der Waals surface area contributed by atoms with Gasteiger partial charge in [-0.1, -0.05) is 24.3 Å². The number of rotatable bonds is 8. The van der Waals surface area contributed by atoms with Crippen LogP contribution in [0.2, 0.25) is 0 Å². The summed E-state index contributed by atoms with van der Waals surface area (Å²) in [5, 5.41) is 5.27. The van der Waals surface area contributed by atoms with E-state index in [-0.39, 0.29) is 11.3 Å². The minimum absolute atomic E-state index is 0.0454. The molecule has 2 amide bonds. The van der Waals surface area contributed by atoms with Crippen LogP contribution >= 0.6 is 0 Å². The zero-order chi connectivity index (χ0) is 29.1. The molecule has 2 aromatic carbocycles. The maximum Gasteiger partial charge on any atom is 0.412 e. The first-order valence-electron chi connectivity index (χ1n) is 12.5. The van der Waals surface area contributed by atoms with E-state index in [1.54, 1.807) is 0 Å². The van der Waals surface area contributed by atoms with Crippen LogP contribution in [-0.4, -0.2) is 78.8 Å². The Bertz CT molecular complexity index is 1350. The van der Waals surface area contributed by atoms with Crippen molar-refractivity contribution in [2.24, 2.45) is 5.10 Å². The lowest BCUT2D eigenvalue weighted by atomic mass is 9.79. The number of nitrogens with zero attached hydrogens (tertiary/aromatic N) is 4. The molecule has 0 unspecified atom stereocenters. The number of allylic oxidation sites excluding steroid dienone is 1.